The molecule has 1 unspecified atom stereocenters. The summed E-state index contributed by atoms with van der Waals surface area (Å²) >= 11 is 0. The lowest BCUT2D eigenvalue weighted by atomic mass is 10.1. The van der Waals surface area contributed by atoms with Crippen LogP contribution in [0.2, 0.25) is 0 Å². The van der Waals surface area contributed by atoms with Crippen molar-refractivity contribution in [1.29, 1.82) is 0 Å². The van der Waals surface area contributed by atoms with Crippen molar-refractivity contribution >= 4 is 0 Å². The molecule has 1 aromatic rings. The van der Waals surface area contributed by atoms with Gasteiger partial charge in [-0.3, -0.25) is 0 Å². The first-order valence-electron chi connectivity index (χ1n) is 3.47. The van der Waals surface area contributed by atoms with Crippen molar-refractivity contribution < 1.29 is 10.2 Å². The number of hydrogen-bond donors (Lipinski definition) is 2. The Morgan fingerprint density at radius 1 is 1.27 bits per heavy atom. The van der Waals surface area contributed by atoms with Gasteiger partial charge in [-0.15, -0.1) is 0 Å². The fraction of sp³-hybridized carbons (Fsp3) is 0.222. The van der Waals surface area contributed by atoms with E-state index in [1.54, 1.807) is 24.3 Å². The second-order valence-corrected chi connectivity index (χ2v) is 2.52. The summed E-state index contributed by atoms with van der Waals surface area (Å²) in [5, 5.41) is 17.8. The van der Waals surface area contributed by atoms with E-state index in [2.05, 4.69) is 6.92 Å². The Morgan fingerprint density at radius 3 is 2.27 bits per heavy atom. The third kappa shape index (κ3) is 2.60. The van der Waals surface area contributed by atoms with E-state index >= 15 is 0 Å². The molecular weight excluding hydrogens is 140 g/mol. The lowest BCUT2D eigenvalue weighted by Gasteiger charge is -2.02. The second-order valence-electron chi connectivity index (χ2n) is 2.52. The van der Waals surface area contributed by atoms with Crippen LogP contribution in [0.4, 0.5) is 0 Å². The standard InChI is InChI=1S/C9H11O2/c1-7(10)6-8-2-4-9(11)5-3-8/h2-5,7,10-11H,1,6H2. The number of hydrogen-bond acceptors (Lipinski definition) is 2. The number of phenolic OH excluding ortho intramolecular Hbond substituents is 1. The highest BCUT2D eigenvalue weighted by Crippen LogP contribution is 2.10. The minimum atomic E-state index is -0.570. The Balaban J connectivity index is 2.66. The summed E-state index contributed by atoms with van der Waals surface area (Å²) in [5.41, 5.74) is 0.977. The normalized spacial score (nSPS) is 12.9. The maximum atomic E-state index is 8.91. The molecule has 0 aliphatic rings. The zero-order valence-corrected chi connectivity index (χ0v) is 6.20. The predicted octanol–water partition coefficient (Wildman–Crippen LogP) is 1.13. The Hall–Kier alpha value is -1.02. The van der Waals surface area contributed by atoms with E-state index in [1.165, 1.54) is 0 Å². The highest BCUT2D eigenvalue weighted by atomic mass is 16.3. The van der Waals surface area contributed by atoms with E-state index in [0.717, 1.165) is 5.56 Å². The van der Waals surface area contributed by atoms with Crippen LogP contribution < -0.4 is 0 Å². The van der Waals surface area contributed by atoms with Gasteiger partial charge in [0, 0.05) is 0 Å². The molecule has 0 spiro atoms. The van der Waals surface area contributed by atoms with Crippen LogP contribution in [0, 0.1) is 6.92 Å². The van der Waals surface area contributed by atoms with Crippen LogP contribution >= 0.6 is 0 Å². The lowest BCUT2D eigenvalue weighted by molar-refractivity contribution is 0.221. The van der Waals surface area contributed by atoms with E-state index in [4.69, 9.17) is 10.2 Å². The quantitative estimate of drug-likeness (QED) is 0.665. The molecule has 0 saturated heterocycles. The van der Waals surface area contributed by atoms with E-state index in [1.807, 2.05) is 0 Å². The topological polar surface area (TPSA) is 40.5 Å². The number of aliphatic hydroxyl groups excluding tert-OH is 1. The van der Waals surface area contributed by atoms with Crippen LogP contribution in [0.25, 0.3) is 0 Å². The predicted molar refractivity (Wildman–Crippen MR) is 43.2 cm³/mol. The largest absolute Gasteiger partial charge is 0.508 e. The van der Waals surface area contributed by atoms with Crippen LogP contribution in [0.15, 0.2) is 24.3 Å². The van der Waals surface area contributed by atoms with Gasteiger partial charge in [0.1, 0.15) is 5.75 Å². The van der Waals surface area contributed by atoms with Crippen LogP contribution in [-0.2, 0) is 6.42 Å². The zero-order chi connectivity index (χ0) is 8.27. The van der Waals surface area contributed by atoms with Gasteiger partial charge in [-0.05, 0) is 31.0 Å². The highest BCUT2D eigenvalue weighted by Gasteiger charge is 1.97. The van der Waals surface area contributed by atoms with Crippen molar-refractivity contribution in [3.8, 4) is 5.75 Å². The molecular formula is C9H11O2. The van der Waals surface area contributed by atoms with Crippen LogP contribution in [0.3, 0.4) is 0 Å². The summed E-state index contributed by atoms with van der Waals surface area (Å²) in [5.74, 6) is 0.243. The van der Waals surface area contributed by atoms with Crippen molar-refractivity contribution in [1.82, 2.24) is 0 Å². The van der Waals surface area contributed by atoms with Gasteiger partial charge in [-0.25, -0.2) is 0 Å². The first kappa shape index (κ1) is 8.08. The molecule has 1 aromatic carbocycles. The van der Waals surface area contributed by atoms with Gasteiger partial charge in [0.25, 0.3) is 0 Å². The third-order valence-electron chi connectivity index (χ3n) is 1.41. The molecule has 11 heavy (non-hydrogen) atoms. The molecule has 2 nitrogen and oxygen atoms in total. The molecule has 0 heterocycles. The smallest absolute Gasteiger partial charge is 0.115 e. The van der Waals surface area contributed by atoms with Gasteiger partial charge in [0.05, 0.1) is 6.10 Å². The van der Waals surface area contributed by atoms with Crippen molar-refractivity contribution in [2.75, 3.05) is 0 Å². The average Bonchev–Trinajstić information content (AvgIpc) is 1.93. The molecule has 59 valence electrons. The Bertz CT molecular complexity index is 214. The first-order chi connectivity index (χ1) is 5.18. The highest BCUT2D eigenvalue weighted by molar-refractivity contribution is 5.26. The second kappa shape index (κ2) is 3.39. The lowest BCUT2D eigenvalue weighted by Crippen LogP contribution is -2.03. The molecule has 0 bridgehead atoms. The van der Waals surface area contributed by atoms with Crippen molar-refractivity contribution in [2.45, 2.75) is 12.5 Å². The van der Waals surface area contributed by atoms with Crippen molar-refractivity contribution in [3.63, 3.8) is 0 Å². The van der Waals surface area contributed by atoms with Crippen LogP contribution in [0.1, 0.15) is 5.56 Å². The van der Waals surface area contributed by atoms with Crippen molar-refractivity contribution in [3.05, 3.63) is 36.8 Å². The minimum Gasteiger partial charge on any atom is -0.508 e. The zero-order valence-electron chi connectivity index (χ0n) is 6.20. The fourth-order valence-electron chi connectivity index (χ4n) is 0.904. The monoisotopic (exact) mass is 151 g/mol. The summed E-state index contributed by atoms with van der Waals surface area (Å²) < 4.78 is 0. The van der Waals surface area contributed by atoms with Gasteiger partial charge in [0.2, 0.25) is 0 Å². The molecule has 0 aliphatic carbocycles. The van der Waals surface area contributed by atoms with Crippen LogP contribution in [0.5, 0.6) is 5.75 Å². The van der Waals surface area contributed by atoms with E-state index < -0.39 is 6.10 Å². The minimum absolute atomic E-state index is 0.243. The molecule has 0 aromatic heterocycles. The fourth-order valence-corrected chi connectivity index (χ4v) is 0.904. The number of rotatable bonds is 2. The number of phenols is 1. The van der Waals surface area contributed by atoms with E-state index in [-0.39, 0.29) is 5.75 Å². The Morgan fingerprint density at radius 2 is 1.82 bits per heavy atom. The summed E-state index contributed by atoms with van der Waals surface area (Å²) in [4.78, 5) is 0. The summed E-state index contributed by atoms with van der Waals surface area (Å²) in [6.45, 7) is 3.45. The molecule has 2 N–H and O–H groups in total. The maximum Gasteiger partial charge on any atom is 0.115 e. The van der Waals surface area contributed by atoms with Crippen molar-refractivity contribution in [2.24, 2.45) is 0 Å². The van der Waals surface area contributed by atoms with Gasteiger partial charge >= 0.3 is 0 Å². The molecule has 1 radical (unpaired) electrons. The number of aromatic hydroxyl groups is 1. The van der Waals surface area contributed by atoms with Gasteiger partial charge < -0.3 is 10.2 Å². The van der Waals surface area contributed by atoms with Gasteiger partial charge in [-0.1, -0.05) is 12.1 Å². The third-order valence-corrected chi connectivity index (χ3v) is 1.41. The first-order valence-corrected chi connectivity index (χ1v) is 3.47. The molecule has 2 heteroatoms. The summed E-state index contributed by atoms with van der Waals surface area (Å²) in [6, 6.07) is 6.73. The Kier molecular flexibility index (Phi) is 2.49. The SMILES string of the molecule is [CH2]C(O)Cc1ccc(O)cc1. The maximum absolute atomic E-state index is 8.91. The van der Waals surface area contributed by atoms with Gasteiger partial charge in [0.15, 0.2) is 0 Å². The number of benzene rings is 1. The molecule has 0 amide bonds. The molecule has 0 aliphatic heterocycles. The van der Waals surface area contributed by atoms with E-state index in [9.17, 15) is 0 Å². The molecule has 1 atom stereocenters. The molecule has 0 saturated carbocycles. The van der Waals surface area contributed by atoms with Crippen LogP contribution in [-0.4, -0.2) is 16.3 Å². The Labute approximate surface area is 66.1 Å². The van der Waals surface area contributed by atoms with E-state index in [0.29, 0.717) is 6.42 Å². The number of aliphatic hydroxyl groups is 1. The van der Waals surface area contributed by atoms with Gasteiger partial charge in [-0.2, -0.15) is 0 Å². The summed E-state index contributed by atoms with van der Waals surface area (Å²) in [6.07, 6.45) is -0.0418. The molecule has 1 rings (SSSR count). The molecule has 0 fully saturated rings. The summed E-state index contributed by atoms with van der Waals surface area (Å²) in [7, 11) is 0. The average molecular weight is 151 g/mol.